The number of amides is 1. The Morgan fingerprint density at radius 2 is 2.21 bits per heavy atom. The number of fused-ring (bicyclic) bond motifs is 2. The van der Waals surface area contributed by atoms with Gasteiger partial charge in [-0.2, -0.15) is 0 Å². The largest absolute Gasteiger partial charge is 0.497 e. The zero-order valence-electron chi connectivity index (χ0n) is 14.5. The fourth-order valence-corrected chi connectivity index (χ4v) is 4.98. The van der Waals surface area contributed by atoms with E-state index < -0.39 is 0 Å². The number of nitrogens with one attached hydrogen (secondary N) is 1. The summed E-state index contributed by atoms with van der Waals surface area (Å²) in [6, 6.07) is 8.25. The Balaban J connectivity index is 1.27. The minimum Gasteiger partial charge on any atom is -0.497 e. The van der Waals surface area contributed by atoms with Crippen LogP contribution in [0.2, 0.25) is 0 Å². The maximum Gasteiger partial charge on any atom is 0.223 e. The Bertz CT molecular complexity index is 603. The molecule has 1 aromatic carbocycles. The molecule has 24 heavy (non-hydrogen) atoms. The molecule has 130 valence electrons. The average molecular weight is 328 g/mol. The van der Waals surface area contributed by atoms with Gasteiger partial charge >= 0.3 is 0 Å². The molecule has 1 aromatic rings. The third-order valence-electron chi connectivity index (χ3n) is 6.34. The van der Waals surface area contributed by atoms with Crippen LogP contribution in [-0.4, -0.2) is 32.7 Å². The molecule has 4 unspecified atom stereocenters. The number of carbonyl (C=O) groups is 1. The third kappa shape index (κ3) is 3.11. The van der Waals surface area contributed by atoms with Crippen LogP contribution in [0.5, 0.6) is 5.75 Å². The summed E-state index contributed by atoms with van der Waals surface area (Å²) in [5.41, 5.74) is 1.22. The van der Waals surface area contributed by atoms with Crippen molar-refractivity contribution in [3.05, 3.63) is 24.3 Å². The van der Waals surface area contributed by atoms with Gasteiger partial charge in [-0.15, -0.1) is 0 Å². The van der Waals surface area contributed by atoms with E-state index in [4.69, 9.17) is 4.74 Å². The SMILES string of the molecule is COc1cccc(N2CCC(CNC(=O)C3CC4CCC3C4)C2)c1. The van der Waals surface area contributed by atoms with E-state index in [9.17, 15) is 4.79 Å². The molecule has 0 aromatic heterocycles. The molecule has 1 N–H and O–H groups in total. The van der Waals surface area contributed by atoms with Crippen molar-refractivity contribution in [2.45, 2.75) is 32.1 Å². The highest BCUT2D eigenvalue weighted by atomic mass is 16.5. The molecule has 1 saturated heterocycles. The van der Waals surface area contributed by atoms with Crippen molar-refractivity contribution in [2.24, 2.45) is 23.7 Å². The van der Waals surface area contributed by atoms with Crippen LogP contribution in [0.15, 0.2) is 24.3 Å². The molecule has 3 aliphatic rings. The first-order valence-corrected chi connectivity index (χ1v) is 9.39. The first kappa shape index (κ1) is 15.8. The molecular weight excluding hydrogens is 300 g/mol. The molecule has 0 radical (unpaired) electrons. The van der Waals surface area contributed by atoms with Crippen LogP contribution >= 0.6 is 0 Å². The Hall–Kier alpha value is -1.71. The lowest BCUT2D eigenvalue weighted by atomic mass is 9.88. The smallest absolute Gasteiger partial charge is 0.223 e. The summed E-state index contributed by atoms with van der Waals surface area (Å²) in [7, 11) is 1.71. The normalized spacial score (nSPS) is 31.5. The Morgan fingerprint density at radius 3 is 2.96 bits per heavy atom. The lowest BCUT2D eigenvalue weighted by Gasteiger charge is -2.22. The van der Waals surface area contributed by atoms with Gasteiger partial charge in [0.05, 0.1) is 7.11 Å². The van der Waals surface area contributed by atoms with Gasteiger partial charge < -0.3 is 15.0 Å². The van der Waals surface area contributed by atoms with Crippen LogP contribution in [0.3, 0.4) is 0 Å². The van der Waals surface area contributed by atoms with Crippen molar-refractivity contribution < 1.29 is 9.53 Å². The van der Waals surface area contributed by atoms with Crippen LogP contribution in [0.1, 0.15) is 32.1 Å². The molecule has 2 bridgehead atoms. The zero-order chi connectivity index (χ0) is 16.5. The fraction of sp³-hybridized carbons (Fsp3) is 0.650. The molecule has 4 heteroatoms. The van der Waals surface area contributed by atoms with Crippen molar-refractivity contribution in [1.29, 1.82) is 0 Å². The van der Waals surface area contributed by atoms with Crippen molar-refractivity contribution in [1.82, 2.24) is 5.32 Å². The van der Waals surface area contributed by atoms with Gasteiger partial charge in [-0.05, 0) is 55.6 Å². The Labute approximate surface area is 144 Å². The van der Waals surface area contributed by atoms with Gasteiger partial charge in [-0.3, -0.25) is 4.79 Å². The van der Waals surface area contributed by atoms with Crippen molar-refractivity contribution in [2.75, 3.05) is 31.6 Å². The summed E-state index contributed by atoms with van der Waals surface area (Å²) >= 11 is 0. The van der Waals surface area contributed by atoms with E-state index in [0.717, 1.165) is 44.1 Å². The maximum absolute atomic E-state index is 12.5. The molecule has 2 aliphatic carbocycles. The highest BCUT2D eigenvalue weighted by Gasteiger charge is 2.43. The predicted octanol–water partition coefficient (Wildman–Crippen LogP) is 3.07. The number of anilines is 1. The van der Waals surface area contributed by atoms with Crippen LogP contribution in [0, 0.1) is 23.7 Å². The second kappa shape index (κ2) is 6.66. The molecule has 0 spiro atoms. The molecule has 4 nitrogen and oxygen atoms in total. The Morgan fingerprint density at radius 1 is 1.29 bits per heavy atom. The number of hydrogen-bond acceptors (Lipinski definition) is 3. The highest BCUT2D eigenvalue weighted by Crippen LogP contribution is 2.48. The third-order valence-corrected chi connectivity index (χ3v) is 6.34. The maximum atomic E-state index is 12.5. The first-order valence-electron chi connectivity index (χ1n) is 9.39. The first-order chi connectivity index (χ1) is 11.7. The van der Waals surface area contributed by atoms with Gasteiger partial charge in [-0.25, -0.2) is 0 Å². The van der Waals surface area contributed by atoms with Gasteiger partial charge in [-0.1, -0.05) is 12.5 Å². The number of benzene rings is 1. The summed E-state index contributed by atoms with van der Waals surface area (Å²) in [6.07, 6.45) is 6.21. The minimum absolute atomic E-state index is 0.305. The molecule has 4 rings (SSSR count). The van der Waals surface area contributed by atoms with E-state index in [1.807, 2.05) is 12.1 Å². The molecular formula is C20H28N2O2. The molecule has 1 amide bonds. The number of hydrogen-bond donors (Lipinski definition) is 1. The summed E-state index contributed by atoms with van der Waals surface area (Å²) in [5, 5.41) is 3.26. The van der Waals surface area contributed by atoms with Gasteiger partial charge in [0.1, 0.15) is 5.75 Å². The highest BCUT2D eigenvalue weighted by molar-refractivity contribution is 5.79. The van der Waals surface area contributed by atoms with Crippen LogP contribution < -0.4 is 15.0 Å². The van der Waals surface area contributed by atoms with Gasteiger partial charge in [0, 0.05) is 37.3 Å². The number of nitrogens with zero attached hydrogens (tertiary/aromatic N) is 1. The van der Waals surface area contributed by atoms with Gasteiger partial charge in [0.25, 0.3) is 0 Å². The van der Waals surface area contributed by atoms with Gasteiger partial charge in [0.15, 0.2) is 0 Å². The number of ether oxygens (including phenoxy) is 1. The van der Waals surface area contributed by atoms with Crippen LogP contribution in [0.25, 0.3) is 0 Å². The number of carbonyl (C=O) groups excluding carboxylic acids is 1. The molecule has 4 atom stereocenters. The minimum atomic E-state index is 0.305. The molecule has 2 saturated carbocycles. The lowest BCUT2D eigenvalue weighted by molar-refractivity contribution is -0.126. The monoisotopic (exact) mass is 328 g/mol. The van der Waals surface area contributed by atoms with Crippen LogP contribution in [-0.2, 0) is 4.79 Å². The molecule has 1 aliphatic heterocycles. The fourth-order valence-electron chi connectivity index (χ4n) is 4.98. The van der Waals surface area contributed by atoms with Crippen molar-refractivity contribution in [3.63, 3.8) is 0 Å². The van der Waals surface area contributed by atoms with Crippen molar-refractivity contribution in [3.8, 4) is 5.75 Å². The molecule has 3 fully saturated rings. The topological polar surface area (TPSA) is 41.6 Å². The zero-order valence-corrected chi connectivity index (χ0v) is 14.5. The summed E-state index contributed by atoms with van der Waals surface area (Å²) in [6.45, 7) is 2.90. The quantitative estimate of drug-likeness (QED) is 0.903. The van der Waals surface area contributed by atoms with E-state index in [1.54, 1.807) is 7.11 Å². The number of rotatable bonds is 5. The second-order valence-corrected chi connectivity index (χ2v) is 7.83. The summed E-state index contributed by atoms with van der Waals surface area (Å²) in [4.78, 5) is 14.9. The van der Waals surface area contributed by atoms with E-state index >= 15 is 0 Å². The summed E-state index contributed by atoms with van der Waals surface area (Å²) in [5.74, 6) is 3.59. The van der Waals surface area contributed by atoms with E-state index in [2.05, 4.69) is 22.3 Å². The predicted molar refractivity (Wildman–Crippen MR) is 95.3 cm³/mol. The number of methoxy groups -OCH3 is 1. The Kier molecular flexibility index (Phi) is 4.38. The van der Waals surface area contributed by atoms with E-state index in [1.165, 1.54) is 24.9 Å². The lowest BCUT2D eigenvalue weighted by Crippen LogP contribution is -2.37. The molecule has 1 heterocycles. The van der Waals surface area contributed by atoms with Gasteiger partial charge in [0.2, 0.25) is 5.91 Å². The second-order valence-electron chi connectivity index (χ2n) is 7.83. The standard InChI is InChI=1S/C20H28N2O2/c1-24-18-4-2-3-17(11-18)22-8-7-15(13-22)12-21-20(23)19-10-14-5-6-16(19)9-14/h2-4,11,14-16,19H,5-10,12-13H2,1H3,(H,21,23). The van der Waals surface area contributed by atoms with E-state index in [-0.39, 0.29) is 0 Å². The summed E-state index contributed by atoms with van der Waals surface area (Å²) < 4.78 is 5.32. The van der Waals surface area contributed by atoms with Crippen molar-refractivity contribution >= 4 is 11.6 Å². The average Bonchev–Trinajstić information content (AvgIpc) is 3.36. The van der Waals surface area contributed by atoms with E-state index in [0.29, 0.717) is 23.7 Å². The van der Waals surface area contributed by atoms with Crippen LogP contribution in [0.4, 0.5) is 5.69 Å².